The molecule has 2 aromatic carbocycles. The molecule has 86 heavy (non-hydrogen) atoms. The molecule has 0 fully saturated rings. The minimum atomic E-state index is -1.73. The highest BCUT2D eigenvalue weighted by atomic mass is 16.4. The summed E-state index contributed by atoms with van der Waals surface area (Å²) in [5.74, 6) is -10.2. The first-order valence-corrected chi connectivity index (χ1v) is 27.8. The molecule has 0 saturated carbocycles. The fraction of sp³-hybridized carbons (Fsp3) is 0.519. The number of hydrogen-bond donors (Lipinski definition) is 20. The number of phenolic OH excluding ortho intramolecular Hbond substituents is 1. The topological polar surface area (TPSA) is 566 Å². The molecule has 474 valence electrons. The Morgan fingerprint density at radius 1 is 0.547 bits per heavy atom. The molecule has 0 bridgehead atoms. The first-order chi connectivity index (χ1) is 40.6. The number of fused-ring (bicyclic) bond motifs is 1. The standard InChI is InChI=1S/C54H85N19O13/c1-5-27(2)41(49(83)68-37(14-9-21-63-53(58)59)46(80)73-42(29(4)75)50(84)69-38(51(85)86)15-10-22-64-54(60)61)72-43(77)28(3)66-47(81)40(24-31-25-65-35-12-7-6-11-33(31)35)71-48(82)39(23-30-16-18-32(76)19-17-30)70-45(79)36(13-8-20-62-52(56)57)67-44(78)34(55)26-74/h6-7,11-12,16-19,25,27-29,34,36-42,65,74-76H,5,8-10,13-15,20-24,26,55H2,1-4H3,(H,66,81)(H,67,78)(H,68,83)(H,69,84)(H,70,79)(H,71,82)(H,72,77)(H,73,80)(H,85,86)(H4,56,57,62)(H4,58,59,63)(H4,60,61,64). The molecule has 0 radical (unpaired) electrons. The number of carboxylic acids is 1. The van der Waals surface area contributed by atoms with E-state index in [0.29, 0.717) is 28.5 Å². The number of nitrogens with two attached hydrogens (primary N) is 7. The van der Waals surface area contributed by atoms with Gasteiger partial charge in [-0.05, 0) is 87.6 Å². The lowest BCUT2D eigenvalue weighted by molar-refractivity contribution is -0.143. The van der Waals surface area contributed by atoms with Crippen LogP contribution in [0.1, 0.15) is 83.8 Å². The Morgan fingerprint density at radius 3 is 1.50 bits per heavy atom. The summed E-state index contributed by atoms with van der Waals surface area (Å²) in [6, 6.07) is -0.317. The second-order valence-electron chi connectivity index (χ2n) is 20.5. The van der Waals surface area contributed by atoms with Crippen molar-refractivity contribution >= 4 is 82.0 Å². The van der Waals surface area contributed by atoms with E-state index in [9.17, 15) is 63.6 Å². The van der Waals surface area contributed by atoms with E-state index in [1.54, 1.807) is 44.3 Å². The maximum Gasteiger partial charge on any atom is 0.326 e. The molecule has 0 spiro atoms. The van der Waals surface area contributed by atoms with Gasteiger partial charge in [-0.25, -0.2) is 4.79 Å². The van der Waals surface area contributed by atoms with Crippen LogP contribution in [0.25, 0.3) is 10.9 Å². The number of aliphatic imine (C=N–C) groups is 3. The molecular weight excluding hydrogens is 1120 g/mol. The van der Waals surface area contributed by atoms with Gasteiger partial charge in [0.1, 0.15) is 60.1 Å². The third-order valence-corrected chi connectivity index (χ3v) is 13.6. The predicted molar refractivity (Wildman–Crippen MR) is 318 cm³/mol. The highest BCUT2D eigenvalue weighted by Gasteiger charge is 2.37. The number of nitrogens with one attached hydrogen (secondary N) is 9. The first kappa shape index (κ1) is 71.0. The van der Waals surface area contributed by atoms with E-state index >= 15 is 0 Å². The SMILES string of the molecule is CCC(C)C(NC(=O)C(C)NC(=O)C(Cc1c[nH]c2ccccc12)NC(=O)C(Cc1ccc(O)cc1)NC(=O)C(CCCN=C(N)N)NC(=O)C(N)CO)C(=O)NC(CCCN=C(N)N)C(=O)NC(C(=O)NC(CCCN=C(N)N)C(=O)O)C(C)O. The molecule has 0 aliphatic rings. The third-order valence-electron chi connectivity index (χ3n) is 13.6. The predicted octanol–water partition coefficient (Wildman–Crippen LogP) is -5.45. The number of carboxylic acid groups (broad SMARTS) is 1. The molecule has 0 aliphatic carbocycles. The molecule has 8 amide bonds. The number of benzene rings is 2. The van der Waals surface area contributed by atoms with Crippen molar-refractivity contribution in [1.82, 2.24) is 47.5 Å². The maximum absolute atomic E-state index is 14.7. The van der Waals surface area contributed by atoms with Gasteiger partial charge in [-0.15, -0.1) is 0 Å². The number of para-hydroxylation sites is 1. The highest BCUT2D eigenvalue weighted by Crippen LogP contribution is 2.20. The van der Waals surface area contributed by atoms with Gasteiger partial charge in [0.05, 0.1) is 12.7 Å². The van der Waals surface area contributed by atoms with Gasteiger partial charge in [0.2, 0.25) is 47.3 Å². The number of aliphatic carboxylic acids is 1. The molecule has 11 unspecified atom stereocenters. The van der Waals surface area contributed by atoms with E-state index in [1.807, 2.05) is 0 Å². The summed E-state index contributed by atoms with van der Waals surface area (Å²) < 4.78 is 0. The zero-order valence-electron chi connectivity index (χ0n) is 48.6. The number of H-pyrrole nitrogens is 1. The van der Waals surface area contributed by atoms with E-state index in [-0.39, 0.29) is 94.6 Å². The van der Waals surface area contributed by atoms with Crippen LogP contribution in [0.5, 0.6) is 5.75 Å². The Balaban J connectivity index is 1.96. The summed E-state index contributed by atoms with van der Waals surface area (Å²) in [5.41, 5.74) is 40.1. The lowest BCUT2D eigenvalue weighted by atomic mass is 9.97. The monoisotopic (exact) mass is 1210 g/mol. The number of carbonyl (C=O) groups excluding carboxylic acids is 8. The van der Waals surface area contributed by atoms with Crippen LogP contribution in [0.15, 0.2) is 69.7 Å². The van der Waals surface area contributed by atoms with E-state index < -0.39 is 126 Å². The number of amides is 8. The normalized spacial score (nSPS) is 14.9. The Morgan fingerprint density at radius 2 is 0.988 bits per heavy atom. The van der Waals surface area contributed by atoms with Gasteiger partial charge < -0.3 is 108 Å². The number of guanidine groups is 3. The molecule has 1 heterocycles. The van der Waals surface area contributed by atoms with Gasteiger partial charge >= 0.3 is 5.97 Å². The van der Waals surface area contributed by atoms with E-state index in [0.717, 1.165) is 0 Å². The maximum atomic E-state index is 14.7. The van der Waals surface area contributed by atoms with Crippen LogP contribution in [0, 0.1) is 5.92 Å². The van der Waals surface area contributed by atoms with Crippen molar-refractivity contribution in [1.29, 1.82) is 0 Å². The number of hydrogen-bond acceptors (Lipinski definition) is 16. The molecule has 32 nitrogen and oxygen atoms in total. The van der Waals surface area contributed by atoms with E-state index in [4.69, 9.17) is 40.1 Å². The van der Waals surface area contributed by atoms with Crippen LogP contribution >= 0.6 is 0 Å². The zero-order valence-corrected chi connectivity index (χ0v) is 48.6. The molecule has 3 rings (SSSR count). The first-order valence-electron chi connectivity index (χ1n) is 27.8. The Hall–Kier alpha value is -9.30. The minimum Gasteiger partial charge on any atom is -0.508 e. The largest absolute Gasteiger partial charge is 0.508 e. The molecule has 11 atom stereocenters. The summed E-state index contributed by atoms with van der Waals surface area (Å²) in [6.07, 6.45) is 0.00312. The number of aromatic amines is 1. The minimum absolute atomic E-state index is 0.00868. The van der Waals surface area contributed by atoms with Gasteiger partial charge in [-0.3, -0.25) is 53.3 Å². The number of aromatic nitrogens is 1. The summed E-state index contributed by atoms with van der Waals surface area (Å²) in [6.45, 7) is 5.22. The van der Waals surface area contributed by atoms with Crippen molar-refractivity contribution in [3.63, 3.8) is 0 Å². The fourth-order valence-electron chi connectivity index (χ4n) is 8.56. The number of nitrogens with zero attached hydrogens (tertiary/aromatic N) is 3. The molecule has 27 N–H and O–H groups in total. The Labute approximate surface area is 496 Å². The van der Waals surface area contributed by atoms with Crippen molar-refractivity contribution in [2.75, 3.05) is 26.2 Å². The Kier molecular flexibility index (Phi) is 29.5. The van der Waals surface area contributed by atoms with Crippen molar-refractivity contribution in [3.05, 3.63) is 65.9 Å². The second-order valence-corrected chi connectivity index (χ2v) is 20.5. The van der Waals surface area contributed by atoms with Crippen molar-refractivity contribution in [2.24, 2.45) is 61.0 Å². The van der Waals surface area contributed by atoms with E-state index in [1.165, 1.54) is 38.1 Å². The summed E-state index contributed by atoms with van der Waals surface area (Å²) in [5, 5.41) is 61.2. The van der Waals surface area contributed by atoms with Crippen LogP contribution in [-0.4, -0.2) is 183 Å². The summed E-state index contributed by atoms with van der Waals surface area (Å²) in [7, 11) is 0. The van der Waals surface area contributed by atoms with Gasteiger partial charge in [-0.1, -0.05) is 50.6 Å². The molecule has 32 heteroatoms. The van der Waals surface area contributed by atoms with Gasteiger partial charge in [0, 0.05) is 49.6 Å². The fourth-order valence-corrected chi connectivity index (χ4v) is 8.56. The van der Waals surface area contributed by atoms with Crippen LogP contribution in [0.2, 0.25) is 0 Å². The summed E-state index contributed by atoms with van der Waals surface area (Å²) in [4.78, 5) is 139. The molecular formula is C54H85N19O13. The Bertz CT molecular complexity index is 2850. The molecule has 0 aliphatic heterocycles. The van der Waals surface area contributed by atoms with Crippen molar-refractivity contribution in [3.8, 4) is 5.75 Å². The summed E-state index contributed by atoms with van der Waals surface area (Å²) >= 11 is 0. The number of aliphatic hydroxyl groups excluding tert-OH is 2. The van der Waals surface area contributed by atoms with E-state index in [2.05, 4.69) is 62.5 Å². The van der Waals surface area contributed by atoms with Crippen LogP contribution in [0.4, 0.5) is 0 Å². The average Bonchev–Trinajstić information content (AvgIpc) is 2.72. The van der Waals surface area contributed by atoms with Gasteiger partial charge in [0.25, 0.3) is 0 Å². The molecule has 0 saturated heterocycles. The highest BCUT2D eigenvalue weighted by molar-refractivity contribution is 5.99. The van der Waals surface area contributed by atoms with Crippen LogP contribution in [-0.2, 0) is 56.0 Å². The lowest BCUT2D eigenvalue weighted by Crippen LogP contribution is -2.62. The lowest BCUT2D eigenvalue weighted by Gasteiger charge is -2.29. The van der Waals surface area contributed by atoms with Gasteiger partial charge in [-0.2, -0.15) is 0 Å². The number of phenols is 1. The van der Waals surface area contributed by atoms with Gasteiger partial charge in [0.15, 0.2) is 17.9 Å². The number of carbonyl (C=O) groups is 9. The smallest absolute Gasteiger partial charge is 0.326 e. The molecule has 1 aromatic heterocycles. The molecule has 3 aromatic rings. The third kappa shape index (κ3) is 24.1. The second kappa shape index (κ2) is 35.8. The average molecular weight is 1210 g/mol. The number of rotatable bonds is 37. The number of aromatic hydroxyl groups is 1. The van der Waals surface area contributed by atoms with Crippen molar-refractivity contribution in [2.45, 2.75) is 146 Å². The van der Waals surface area contributed by atoms with Crippen LogP contribution in [0.3, 0.4) is 0 Å². The van der Waals surface area contributed by atoms with Crippen molar-refractivity contribution < 1.29 is 63.6 Å². The number of aliphatic hydroxyl groups is 2. The van der Waals surface area contributed by atoms with Crippen LogP contribution < -0.4 is 82.7 Å². The zero-order chi connectivity index (χ0) is 64.2. The quantitative estimate of drug-likeness (QED) is 0.0145.